The number of benzene rings is 2. The molecule has 3 heterocycles. The first-order valence-electron chi connectivity index (χ1n) is 8.56. The van der Waals surface area contributed by atoms with Gasteiger partial charge in [-0.2, -0.15) is 0 Å². The van der Waals surface area contributed by atoms with Gasteiger partial charge in [-0.25, -0.2) is 0 Å². The maximum absolute atomic E-state index is 12.3. The van der Waals surface area contributed by atoms with Crippen LogP contribution in [-0.4, -0.2) is 33.7 Å². The van der Waals surface area contributed by atoms with Crippen molar-refractivity contribution in [3.8, 4) is 11.5 Å². The van der Waals surface area contributed by atoms with Gasteiger partial charge in [0.15, 0.2) is 11.5 Å². The lowest BCUT2D eigenvalue weighted by Crippen LogP contribution is -2.23. The molecule has 0 aliphatic carbocycles. The van der Waals surface area contributed by atoms with Crippen molar-refractivity contribution in [2.75, 3.05) is 13.8 Å². The van der Waals surface area contributed by atoms with Crippen LogP contribution in [0.15, 0.2) is 48.7 Å². The number of likely N-dealkylation sites (N-methyl/N-ethyl adjacent to an activating group) is 1. The van der Waals surface area contributed by atoms with Gasteiger partial charge in [-0.3, -0.25) is 9.59 Å². The molecule has 1 fully saturated rings. The van der Waals surface area contributed by atoms with Gasteiger partial charge >= 0.3 is 0 Å². The zero-order valence-electron chi connectivity index (χ0n) is 14.5. The molecule has 27 heavy (non-hydrogen) atoms. The Morgan fingerprint density at radius 3 is 2.78 bits per heavy atom. The van der Waals surface area contributed by atoms with E-state index in [1.54, 1.807) is 7.05 Å². The van der Waals surface area contributed by atoms with Crippen LogP contribution in [0.3, 0.4) is 0 Å². The zero-order valence-corrected chi connectivity index (χ0v) is 15.4. The number of nitrogens with zero attached hydrogens (tertiary/aromatic N) is 2. The Kier molecular flexibility index (Phi) is 3.65. The smallest absolute Gasteiger partial charge is 0.289 e. The Morgan fingerprint density at radius 2 is 1.96 bits per heavy atom. The fraction of sp³-hybridized carbons (Fsp3) is 0.200. The van der Waals surface area contributed by atoms with E-state index in [9.17, 15) is 9.59 Å². The van der Waals surface area contributed by atoms with Crippen LogP contribution in [0.25, 0.3) is 10.9 Å². The molecule has 1 atom stereocenters. The van der Waals surface area contributed by atoms with Gasteiger partial charge in [0.1, 0.15) is 6.04 Å². The lowest BCUT2D eigenvalue weighted by atomic mass is 10.0. The molecule has 1 unspecified atom stereocenters. The molecule has 1 aromatic heterocycles. The molecule has 7 heteroatoms. The molecular weight excluding hydrogens is 364 g/mol. The van der Waals surface area contributed by atoms with Gasteiger partial charge in [-0.05, 0) is 35.4 Å². The van der Waals surface area contributed by atoms with E-state index in [1.165, 1.54) is 4.90 Å². The van der Waals surface area contributed by atoms with Gasteiger partial charge in [0.2, 0.25) is 11.9 Å². The summed E-state index contributed by atoms with van der Waals surface area (Å²) in [5.74, 6) is 1.53. The first kappa shape index (κ1) is 16.3. The van der Waals surface area contributed by atoms with Crippen LogP contribution in [0.2, 0.25) is 0 Å². The fourth-order valence-corrected chi connectivity index (χ4v) is 4.49. The highest BCUT2D eigenvalue weighted by atomic mass is 32.2. The molecule has 0 bridgehead atoms. The Balaban J connectivity index is 1.52. The lowest BCUT2D eigenvalue weighted by molar-refractivity contribution is -0.113. The summed E-state index contributed by atoms with van der Waals surface area (Å²) in [6.45, 7) is 0.931. The minimum absolute atomic E-state index is 0.126. The summed E-state index contributed by atoms with van der Waals surface area (Å²) in [4.78, 5) is 25.7. The molecule has 1 saturated heterocycles. The number of thioether (sulfide) groups is 1. The highest BCUT2D eigenvalue weighted by Gasteiger charge is 2.39. The van der Waals surface area contributed by atoms with Gasteiger partial charge in [0.25, 0.3) is 5.24 Å². The van der Waals surface area contributed by atoms with Crippen molar-refractivity contribution in [2.45, 2.75) is 12.6 Å². The minimum atomic E-state index is -0.535. The molecule has 136 valence electrons. The van der Waals surface area contributed by atoms with Crippen molar-refractivity contribution in [3.63, 3.8) is 0 Å². The number of fused-ring (bicyclic) bond motifs is 2. The summed E-state index contributed by atoms with van der Waals surface area (Å²) in [6, 6.07) is 13.3. The van der Waals surface area contributed by atoms with Crippen LogP contribution in [-0.2, 0) is 11.3 Å². The monoisotopic (exact) mass is 380 g/mol. The molecule has 5 rings (SSSR count). The number of rotatable bonds is 3. The predicted octanol–water partition coefficient (Wildman–Crippen LogP) is 3.78. The zero-order chi connectivity index (χ0) is 18.5. The number of carbonyl (C=O) groups is 2. The van der Waals surface area contributed by atoms with E-state index in [1.807, 2.05) is 48.7 Å². The molecule has 0 N–H and O–H groups in total. The number of aromatic nitrogens is 1. The quantitative estimate of drug-likeness (QED) is 0.692. The highest BCUT2D eigenvalue weighted by Crippen LogP contribution is 2.39. The molecule has 2 aliphatic heterocycles. The number of hydrogen-bond acceptors (Lipinski definition) is 5. The molecule has 0 spiro atoms. The first-order chi connectivity index (χ1) is 13.1. The van der Waals surface area contributed by atoms with Crippen LogP contribution in [0, 0.1) is 0 Å². The van der Waals surface area contributed by atoms with E-state index < -0.39 is 6.04 Å². The van der Waals surface area contributed by atoms with Crippen molar-refractivity contribution < 1.29 is 19.1 Å². The molecule has 1 amide bonds. The summed E-state index contributed by atoms with van der Waals surface area (Å²) in [6.07, 6.45) is 2.01. The maximum Gasteiger partial charge on any atom is 0.289 e. The molecule has 6 nitrogen and oxygen atoms in total. The molecule has 0 radical (unpaired) electrons. The van der Waals surface area contributed by atoms with Crippen molar-refractivity contribution in [1.82, 2.24) is 9.47 Å². The van der Waals surface area contributed by atoms with Gasteiger partial charge in [-0.15, -0.1) is 0 Å². The number of carbonyl (C=O) groups excluding carboxylic acids is 2. The number of hydrogen-bond donors (Lipinski definition) is 0. The molecule has 2 aromatic carbocycles. The van der Waals surface area contributed by atoms with Gasteiger partial charge < -0.3 is 18.9 Å². The second kappa shape index (κ2) is 6.06. The summed E-state index contributed by atoms with van der Waals surface area (Å²) < 4.78 is 13.0. The largest absolute Gasteiger partial charge is 0.454 e. The Hall–Kier alpha value is -2.93. The van der Waals surface area contributed by atoms with Crippen LogP contribution in [0.4, 0.5) is 4.79 Å². The number of amides is 1. The molecule has 0 saturated carbocycles. The van der Waals surface area contributed by atoms with Gasteiger partial charge in [0, 0.05) is 42.5 Å². The van der Waals surface area contributed by atoms with E-state index in [4.69, 9.17) is 9.47 Å². The highest BCUT2D eigenvalue weighted by molar-refractivity contribution is 8.26. The van der Waals surface area contributed by atoms with E-state index in [0.29, 0.717) is 6.54 Å². The van der Waals surface area contributed by atoms with Crippen LogP contribution in [0.5, 0.6) is 11.5 Å². The maximum atomic E-state index is 12.3. The summed E-state index contributed by atoms with van der Waals surface area (Å²) >= 11 is 0.776. The third-order valence-corrected chi connectivity index (χ3v) is 5.91. The first-order valence-corrected chi connectivity index (χ1v) is 9.38. The number of ether oxygens (including phenoxy) is 2. The minimum Gasteiger partial charge on any atom is -0.454 e. The fourth-order valence-electron chi connectivity index (χ4n) is 3.67. The topological polar surface area (TPSA) is 60.8 Å². The Labute approximate surface area is 159 Å². The summed E-state index contributed by atoms with van der Waals surface area (Å²) in [5.41, 5.74) is 2.99. The summed E-state index contributed by atoms with van der Waals surface area (Å²) in [7, 11) is 1.67. The van der Waals surface area contributed by atoms with Crippen LogP contribution in [0.1, 0.15) is 17.2 Å². The third kappa shape index (κ3) is 2.57. The normalized spacial score (nSPS) is 18.7. The van der Waals surface area contributed by atoms with E-state index in [-0.39, 0.29) is 17.1 Å². The van der Waals surface area contributed by atoms with Gasteiger partial charge in [-0.1, -0.05) is 18.2 Å². The van der Waals surface area contributed by atoms with E-state index >= 15 is 0 Å². The Bertz CT molecular complexity index is 1090. The van der Waals surface area contributed by atoms with Crippen LogP contribution < -0.4 is 9.47 Å². The standard InChI is InChI=1S/C20H16N2O4S/c1-21-18(19(23)27-20(21)24)14-3-2-4-15-13(14)7-8-22(15)10-12-5-6-16-17(9-12)26-11-25-16/h2-9,18H,10-11H2,1H3. The average molecular weight is 380 g/mol. The van der Waals surface area contributed by atoms with Crippen molar-refractivity contribution >= 4 is 33.0 Å². The van der Waals surface area contributed by atoms with Crippen molar-refractivity contribution in [3.05, 3.63) is 59.8 Å². The van der Waals surface area contributed by atoms with Crippen LogP contribution >= 0.6 is 11.8 Å². The second-order valence-electron chi connectivity index (χ2n) is 6.61. The molecular formula is C20H16N2O4S. The van der Waals surface area contributed by atoms with E-state index in [2.05, 4.69) is 4.57 Å². The van der Waals surface area contributed by atoms with E-state index in [0.717, 1.165) is 45.3 Å². The van der Waals surface area contributed by atoms with Gasteiger partial charge in [0.05, 0.1) is 0 Å². The Morgan fingerprint density at radius 1 is 1.11 bits per heavy atom. The third-order valence-electron chi connectivity index (χ3n) is 5.02. The second-order valence-corrected chi connectivity index (χ2v) is 7.57. The van der Waals surface area contributed by atoms with Crippen molar-refractivity contribution in [2.24, 2.45) is 0 Å². The predicted molar refractivity (Wildman–Crippen MR) is 102 cm³/mol. The molecule has 3 aromatic rings. The van der Waals surface area contributed by atoms with Crippen molar-refractivity contribution in [1.29, 1.82) is 0 Å². The average Bonchev–Trinajstić information content (AvgIpc) is 3.34. The molecule has 2 aliphatic rings. The SMILES string of the molecule is CN1C(=O)SC(=O)C1c1cccc2c1ccn2Cc1ccc2c(c1)OCO2. The summed E-state index contributed by atoms with van der Waals surface area (Å²) in [5, 5.41) is 0.652. The lowest BCUT2D eigenvalue weighted by Gasteiger charge is -2.18.